The SMILES string of the molecule is CC1(C)CCC(CN2CCN(c3ccc(C(=O)NS(=O)(=O)c4ccc(N[C@H](CCN5CCN(C(=O)OC(C)(C)C)CC5)CSc5ccccc5)c(S(=O)(=O)C(F)(F)F)c4)cc3)CC2)=C(C23CC(Cl)(C2)C3)C1. The van der Waals surface area contributed by atoms with E-state index in [2.05, 4.69) is 33.9 Å². The van der Waals surface area contributed by atoms with E-state index in [0.29, 0.717) is 61.8 Å². The number of carbonyl (C=O) groups excluding carboxylic acids is 2. The molecule has 0 unspecified atom stereocenters. The predicted octanol–water partition coefficient (Wildman–Crippen LogP) is 9.40. The lowest BCUT2D eigenvalue weighted by molar-refractivity contribution is -0.0535. The number of sulfonamides is 1. The number of halogens is 4. The van der Waals surface area contributed by atoms with Gasteiger partial charge in [-0.15, -0.1) is 23.4 Å². The minimum Gasteiger partial charge on any atom is -0.444 e. The molecule has 20 heteroatoms. The van der Waals surface area contributed by atoms with Crippen LogP contribution in [0, 0.1) is 10.8 Å². The smallest absolute Gasteiger partial charge is 0.444 e. The van der Waals surface area contributed by atoms with Gasteiger partial charge >= 0.3 is 11.6 Å². The number of nitrogens with zero attached hydrogens (tertiary/aromatic N) is 4. The summed E-state index contributed by atoms with van der Waals surface area (Å²) in [7, 11) is -11.0. The average molecular weight is 1060 g/mol. The summed E-state index contributed by atoms with van der Waals surface area (Å²) in [5.74, 6) is -0.718. The molecule has 3 aromatic carbocycles. The summed E-state index contributed by atoms with van der Waals surface area (Å²) in [4.78, 5) is 33.3. The van der Waals surface area contributed by atoms with Crippen molar-refractivity contribution in [3.63, 3.8) is 0 Å². The molecule has 0 spiro atoms. The third-order valence-corrected chi connectivity index (χ3v) is 19.0. The number of allylic oxidation sites excluding steroid dienone is 1. The Kier molecular flexibility index (Phi) is 15.3. The molecule has 388 valence electrons. The predicted molar refractivity (Wildman–Crippen MR) is 272 cm³/mol. The van der Waals surface area contributed by atoms with Gasteiger partial charge in [0.25, 0.3) is 25.8 Å². The van der Waals surface area contributed by atoms with Gasteiger partial charge in [0.2, 0.25) is 0 Å². The van der Waals surface area contributed by atoms with Crippen LogP contribution in [0.5, 0.6) is 0 Å². The summed E-state index contributed by atoms with van der Waals surface area (Å²) in [5, 5.41) is 3.00. The summed E-state index contributed by atoms with van der Waals surface area (Å²) in [6, 6.07) is 17.5. The lowest BCUT2D eigenvalue weighted by Gasteiger charge is -2.70. The van der Waals surface area contributed by atoms with Gasteiger partial charge in [-0.05, 0) is 131 Å². The molecule has 2 amide bonds. The maximum Gasteiger partial charge on any atom is 0.501 e. The highest BCUT2D eigenvalue weighted by Gasteiger charge is 2.69. The van der Waals surface area contributed by atoms with Crippen molar-refractivity contribution in [1.82, 2.24) is 19.4 Å². The molecule has 71 heavy (non-hydrogen) atoms. The van der Waals surface area contributed by atoms with E-state index < -0.39 is 64.5 Å². The summed E-state index contributed by atoms with van der Waals surface area (Å²) in [6.45, 7) is 16.6. The molecular formula is C51H66ClF3N6O7S3. The van der Waals surface area contributed by atoms with Crippen LogP contribution in [0.3, 0.4) is 0 Å². The Hall–Kier alpha value is -4.01. The quantitative estimate of drug-likeness (QED) is 0.0800. The van der Waals surface area contributed by atoms with Crippen molar-refractivity contribution in [2.24, 2.45) is 10.8 Å². The number of piperazine rings is 2. The zero-order valence-corrected chi connectivity index (χ0v) is 44.3. The number of benzene rings is 3. The van der Waals surface area contributed by atoms with Crippen LogP contribution in [0.2, 0.25) is 0 Å². The minimum atomic E-state index is -6.11. The third-order valence-electron chi connectivity index (χ3n) is 14.5. The van der Waals surface area contributed by atoms with E-state index in [9.17, 15) is 39.6 Å². The molecule has 0 radical (unpaired) electrons. The number of rotatable bonds is 16. The Morgan fingerprint density at radius 2 is 1.48 bits per heavy atom. The fourth-order valence-electron chi connectivity index (χ4n) is 10.6. The van der Waals surface area contributed by atoms with Crippen LogP contribution in [-0.2, 0) is 24.6 Å². The highest BCUT2D eigenvalue weighted by atomic mass is 35.5. The van der Waals surface area contributed by atoms with E-state index in [0.717, 1.165) is 87.5 Å². The van der Waals surface area contributed by atoms with Gasteiger partial charge in [0.1, 0.15) is 10.5 Å². The van der Waals surface area contributed by atoms with Gasteiger partial charge in [-0.2, -0.15) is 13.2 Å². The zero-order chi connectivity index (χ0) is 51.2. The van der Waals surface area contributed by atoms with Crippen molar-refractivity contribution in [3.05, 3.63) is 89.5 Å². The van der Waals surface area contributed by atoms with Crippen molar-refractivity contribution in [1.29, 1.82) is 0 Å². The summed E-state index contributed by atoms with van der Waals surface area (Å²) in [5.41, 5.74) is -2.16. The molecule has 2 bridgehead atoms. The van der Waals surface area contributed by atoms with E-state index in [4.69, 9.17) is 16.3 Å². The van der Waals surface area contributed by atoms with Crippen molar-refractivity contribution < 1.29 is 44.3 Å². The maximum absolute atomic E-state index is 14.3. The lowest BCUT2D eigenvalue weighted by Crippen LogP contribution is -2.65. The summed E-state index contributed by atoms with van der Waals surface area (Å²) < 4.78 is 104. The molecule has 3 aromatic rings. The second-order valence-corrected chi connectivity index (χ2v) is 27.3. The number of hydrogen-bond acceptors (Lipinski definition) is 12. The largest absolute Gasteiger partial charge is 0.501 e. The van der Waals surface area contributed by atoms with Crippen LogP contribution in [0.25, 0.3) is 0 Å². The molecule has 5 fully saturated rings. The molecule has 9 rings (SSSR count). The van der Waals surface area contributed by atoms with E-state index in [1.165, 1.54) is 30.3 Å². The van der Waals surface area contributed by atoms with Crippen LogP contribution in [0.1, 0.15) is 89.9 Å². The lowest BCUT2D eigenvalue weighted by atomic mass is 9.39. The van der Waals surface area contributed by atoms with Crippen LogP contribution < -0.4 is 14.9 Å². The van der Waals surface area contributed by atoms with Crippen LogP contribution in [0.4, 0.5) is 29.3 Å². The van der Waals surface area contributed by atoms with Crippen molar-refractivity contribution >= 4 is 66.6 Å². The van der Waals surface area contributed by atoms with Gasteiger partial charge in [-0.3, -0.25) is 14.6 Å². The minimum absolute atomic E-state index is 0.00517. The molecule has 2 aliphatic heterocycles. The Morgan fingerprint density at radius 3 is 2.08 bits per heavy atom. The molecule has 13 nitrogen and oxygen atoms in total. The molecule has 2 heterocycles. The van der Waals surface area contributed by atoms with Gasteiger partial charge in [0.15, 0.2) is 0 Å². The number of nitrogens with one attached hydrogen (secondary N) is 2. The molecule has 2 saturated heterocycles. The van der Waals surface area contributed by atoms with Gasteiger partial charge in [-0.25, -0.2) is 26.4 Å². The van der Waals surface area contributed by atoms with E-state index in [1.54, 1.807) is 49.0 Å². The Balaban J connectivity index is 0.914. The van der Waals surface area contributed by atoms with Crippen LogP contribution in [-0.4, -0.2) is 137 Å². The highest BCUT2D eigenvalue weighted by molar-refractivity contribution is 7.99. The molecule has 2 N–H and O–H groups in total. The highest BCUT2D eigenvalue weighted by Crippen LogP contribution is 2.75. The summed E-state index contributed by atoms with van der Waals surface area (Å²) >= 11 is 8.12. The first-order valence-electron chi connectivity index (χ1n) is 24.4. The van der Waals surface area contributed by atoms with E-state index in [-0.39, 0.29) is 10.4 Å². The van der Waals surface area contributed by atoms with Gasteiger partial charge in [-0.1, -0.05) is 43.2 Å². The third kappa shape index (κ3) is 12.5. The standard InChI is InChI=1S/C51H66ClF3N6O7S3/c1-47(2,3)68-46(63)61-27-21-58(22-28-61)20-18-38(32-69-40-9-7-6-8-10-40)56-43-16-15-41(29-44(43)70(64,65)51(53,54)55)71(66,67)57-45(62)36-11-13-39(14-12-36)60-25-23-59(24-26-60)31-37-17-19-48(4,5)30-42(37)49-33-50(52,34-49)35-49/h6-16,29,38,56H,17-28,30-35H2,1-5H3,(H,57,62)/t38-,49?,50?/m1/s1. The number of sulfone groups is 1. The first-order valence-corrected chi connectivity index (χ1v) is 28.7. The molecule has 4 aliphatic carbocycles. The second-order valence-electron chi connectivity index (χ2n) is 21.8. The number of hydrogen-bond donors (Lipinski definition) is 2. The molecule has 3 saturated carbocycles. The Morgan fingerprint density at radius 1 is 0.845 bits per heavy atom. The number of anilines is 2. The van der Waals surface area contributed by atoms with Crippen molar-refractivity contribution in [3.8, 4) is 0 Å². The fraction of sp³-hybridized carbons (Fsp3) is 0.569. The number of alkyl halides is 4. The van der Waals surface area contributed by atoms with Crippen LogP contribution in [0.15, 0.2) is 98.6 Å². The van der Waals surface area contributed by atoms with E-state index in [1.807, 2.05) is 35.1 Å². The van der Waals surface area contributed by atoms with Crippen molar-refractivity contribution in [2.45, 2.75) is 116 Å². The molecule has 6 aliphatic rings. The monoisotopic (exact) mass is 1060 g/mol. The van der Waals surface area contributed by atoms with Gasteiger partial charge in [0, 0.05) is 98.3 Å². The first-order chi connectivity index (χ1) is 33.2. The summed E-state index contributed by atoms with van der Waals surface area (Å²) in [6.07, 6.45) is 6.67. The maximum atomic E-state index is 14.3. The van der Waals surface area contributed by atoms with Crippen molar-refractivity contribution in [2.75, 3.05) is 81.4 Å². The number of ether oxygens (including phenoxy) is 1. The Bertz CT molecular complexity index is 2680. The first kappa shape index (κ1) is 53.3. The molecule has 1 atom stereocenters. The topological polar surface area (TPSA) is 149 Å². The Labute approximate surface area is 426 Å². The number of carbonyl (C=O) groups is 2. The van der Waals surface area contributed by atoms with Gasteiger partial charge in [0.05, 0.1) is 10.6 Å². The average Bonchev–Trinajstić information content (AvgIpc) is 3.28. The second kappa shape index (κ2) is 20.4. The molecular weight excluding hydrogens is 997 g/mol. The van der Waals surface area contributed by atoms with Crippen LogP contribution >= 0.6 is 23.4 Å². The van der Waals surface area contributed by atoms with Gasteiger partial charge < -0.3 is 19.9 Å². The number of amides is 2. The van der Waals surface area contributed by atoms with E-state index >= 15 is 0 Å². The number of thioether (sulfide) groups is 1. The normalized spacial score (nSPS) is 23.6. The zero-order valence-electron chi connectivity index (χ0n) is 41.1. The molecule has 0 aromatic heterocycles. The fourth-order valence-corrected chi connectivity index (χ4v) is 14.4.